The van der Waals surface area contributed by atoms with E-state index >= 15 is 0 Å². The van der Waals surface area contributed by atoms with Crippen molar-refractivity contribution in [1.82, 2.24) is 9.80 Å². The van der Waals surface area contributed by atoms with E-state index in [9.17, 15) is 22.8 Å². The maximum absolute atomic E-state index is 12.4. The normalized spacial score (nSPS) is 19.2. The molecule has 1 N–H and O–H groups in total. The first-order valence-corrected chi connectivity index (χ1v) is 6.51. The minimum atomic E-state index is -4.54. The van der Waals surface area contributed by atoms with Gasteiger partial charge in [0.15, 0.2) is 0 Å². The van der Waals surface area contributed by atoms with Crippen molar-refractivity contribution < 1.29 is 32.6 Å². The van der Waals surface area contributed by atoms with Crippen LogP contribution in [-0.4, -0.2) is 79.4 Å². The number of rotatable bonds is 7. The molecule has 1 atom stereocenters. The molecule has 0 aromatic heterocycles. The third kappa shape index (κ3) is 5.50. The summed E-state index contributed by atoms with van der Waals surface area (Å²) < 4.78 is 42.1. The molecule has 0 aliphatic carbocycles. The van der Waals surface area contributed by atoms with Crippen molar-refractivity contribution >= 4 is 11.8 Å². The Bertz CT molecular complexity index is 376. The number of carbonyl (C=O) groups is 2. The third-order valence-corrected chi connectivity index (χ3v) is 3.18. The lowest BCUT2D eigenvalue weighted by Gasteiger charge is -2.25. The summed E-state index contributed by atoms with van der Waals surface area (Å²) >= 11 is 0. The lowest BCUT2D eigenvalue weighted by atomic mass is 10.1. The van der Waals surface area contributed by atoms with Crippen LogP contribution in [-0.2, 0) is 14.3 Å². The molecule has 1 heterocycles. The molecule has 0 saturated carbocycles. The first-order chi connectivity index (χ1) is 9.78. The van der Waals surface area contributed by atoms with Crippen molar-refractivity contribution in [2.24, 2.45) is 5.92 Å². The molecule has 1 saturated heterocycles. The molecule has 0 aromatic carbocycles. The molecular weight excluding hydrogens is 293 g/mol. The van der Waals surface area contributed by atoms with E-state index in [0.717, 1.165) is 0 Å². The summed E-state index contributed by atoms with van der Waals surface area (Å²) in [5.41, 5.74) is 0. The van der Waals surface area contributed by atoms with Gasteiger partial charge in [0.2, 0.25) is 11.8 Å². The molecule has 0 spiro atoms. The molecule has 1 rings (SSSR count). The number of aliphatic hydroxyl groups excluding tert-OH is 1. The van der Waals surface area contributed by atoms with E-state index in [2.05, 4.69) is 0 Å². The van der Waals surface area contributed by atoms with Crippen LogP contribution in [0.2, 0.25) is 0 Å². The van der Waals surface area contributed by atoms with Crippen LogP contribution < -0.4 is 0 Å². The highest BCUT2D eigenvalue weighted by atomic mass is 19.4. The summed E-state index contributed by atoms with van der Waals surface area (Å²) in [6.45, 7) is -1.69. The highest BCUT2D eigenvalue weighted by molar-refractivity contribution is 5.89. The highest BCUT2D eigenvalue weighted by Crippen LogP contribution is 2.23. The van der Waals surface area contributed by atoms with Gasteiger partial charge in [-0.2, -0.15) is 13.2 Å². The summed E-state index contributed by atoms with van der Waals surface area (Å²) in [5, 5.41) is 8.79. The van der Waals surface area contributed by atoms with E-state index in [4.69, 9.17) is 9.84 Å². The molecule has 21 heavy (non-hydrogen) atoms. The van der Waals surface area contributed by atoms with E-state index in [0.29, 0.717) is 18.1 Å². The number of ether oxygens (including phenoxy) is 1. The molecule has 1 fully saturated rings. The molecule has 1 aliphatic rings. The van der Waals surface area contributed by atoms with Crippen LogP contribution in [0.15, 0.2) is 0 Å². The number of likely N-dealkylation sites (tertiary alicyclic amines) is 1. The monoisotopic (exact) mass is 312 g/mol. The number of halogens is 3. The SMILES string of the molecule is COCCN1CC(C(=O)N(CCO)CC(F)(F)F)CC1=O. The number of hydrogen-bond donors (Lipinski definition) is 1. The van der Waals surface area contributed by atoms with Gasteiger partial charge < -0.3 is 19.6 Å². The molecule has 0 radical (unpaired) electrons. The minimum Gasteiger partial charge on any atom is -0.395 e. The second-order valence-electron chi connectivity index (χ2n) is 4.83. The number of methoxy groups -OCH3 is 1. The predicted molar refractivity (Wildman–Crippen MR) is 66.3 cm³/mol. The first-order valence-electron chi connectivity index (χ1n) is 6.51. The number of carbonyl (C=O) groups excluding carboxylic acids is 2. The van der Waals surface area contributed by atoms with Crippen LogP contribution in [0, 0.1) is 5.92 Å². The molecule has 9 heteroatoms. The predicted octanol–water partition coefficient (Wildman–Crippen LogP) is -0.135. The fourth-order valence-corrected chi connectivity index (χ4v) is 2.22. The quantitative estimate of drug-likeness (QED) is 0.711. The average molecular weight is 312 g/mol. The zero-order valence-corrected chi connectivity index (χ0v) is 11.7. The molecule has 122 valence electrons. The Hall–Kier alpha value is -1.35. The van der Waals surface area contributed by atoms with Gasteiger partial charge in [-0.3, -0.25) is 9.59 Å². The van der Waals surface area contributed by atoms with Crippen molar-refractivity contribution in [3.05, 3.63) is 0 Å². The van der Waals surface area contributed by atoms with Gasteiger partial charge in [0.25, 0.3) is 0 Å². The van der Waals surface area contributed by atoms with Gasteiger partial charge in [-0.15, -0.1) is 0 Å². The Kier molecular flexibility index (Phi) is 6.41. The van der Waals surface area contributed by atoms with E-state index in [1.165, 1.54) is 12.0 Å². The molecule has 2 amide bonds. The number of amides is 2. The Morgan fingerprint density at radius 2 is 2.19 bits per heavy atom. The maximum atomic E-state index is 12.4. The molecule has 0 bridgehead atoms. The van der Waals surface area contributed by atoms with Gasteiger partial charge in [0.1, 0.15) is 6.54 Å². The fraction of sp³-hybridized carbons (Fsp3) is 0.833. The molecule has 0 aromatic rings. The summed E-state index contributed by atoms with van der Waals surface area (Å²) in [6, 6.07) is 0. The standard InChI is InChI=1S/C12H19F3N2O4/c1-21-5-3-16-7-9(6-10(16)19)11(20)17(2-4-18)8-12(13,14)15/h9,18H,2-8H2,1H3. The highest BCUT2D eigenvalue weighted by Gasteiger charge is 2.39. The van der Waals surface area contributed by atoms with E-state index < -0.39 is 37.7 Å². The minimum absolute atomic E-state index is 0.0841. The van der Waals surface area contributed by atoms with Gasteiger partial charge >= 0.3 is 6.18 Å². The van der Waals surface area contributed by atoms with Crippen molar-refractivity contribution in [1.29, 1.82) is 0 Å². The van der Waals surface area contributed by atoms with E-state index in [1.54, 1.807) is 0 Å². The molecule has 6 nitrogen and oxygen atoms in total. The lowest BCUT2D eigenvalue weighted by Crippen LogP contribution is -2.44. The Balaban J connectivity index is 2.65. The summed E-state index contributed by atoms with van der Waals surface area (Å²) in [6.07, 6.45) is -4.65. The van der Waals surface area contributed by atoms with Gasteiger partial charge in [0.05, 0.1) is 19.1 Å². The van der Waals surface area contributed by atoms with E-state index in [1.807, 2.05) is 0 Å². The average Bonchev–Trinajstić information content (AvgIpc) is 2.75. The third-order valence-electron chi connectivity index (χ3n) is 3.18. The van der Waals surface area contributed by atoms with Crippen molar-refractivity contribution in [2.75, 3.05) is 46.5 Å². The number of nitrogens with zero attached hydrogens (tertiary/aromatic N) is 2. The zero-order valence-electron chi connectivity index (χ0n) is 11.7. The van der Waals surface area contributed by atoms with Crippen molar-refractivity contribution in [2.45, 2.75) is 12.6 Å². The number of aliphatic hydroxyl groups is 1. The van der Waals surface area contributed by atoms with Crippen LogP contribution in [0.4, 0.5) is 13.2 Å². The van der Waals surface area contributed by atoms with Crippen molar-refractivity contribution in [3.63, 3.8) is 0 Å². The van der Waals surface area contributed by atoms with Crippen LogP contribution in [0.1, 0.15) is 6.42 Å². The first kappa shape index (κ1) is 17.7. The van der Waals surface area contributed by atoms with Gasteiger partial charge in [-0.05, 0) is 0 Å². The Morgan fingerprint density at radius 1 is 1.52 bits per heavy atom. The summed E-state index contributed by atoms with van der Waals surface area (Å²) in [4.78, 5) is 25.7. The van der Waals surface area contributed by atoms with Gasteiger partial charge in [-0.25, -0.2) is 0 Å². The Morgan fingerprint density at radius 3 is 2.71 bits per heavy atom. The van der Waals surface area contributed by atoms with Crippen LogP contribution >= 0.6 is 0 Å². The Labute approximate surface area is 120 Å². The van der Waals surface area contributed by atoms with E-state index in [-0.39, 0.29) is 18.9 Å². The summed E-state index contributed by atoms with van der Waals surface area (Å²) in [5.74, 6) is -1.83. The zero-order chi connectivity index (χ0) is 16.0. The maximum Gasteiger partial charge on any atom is 0.406 e. The number of hydrogen-bond acceptors (Lipinski definition) is 4. The number of alkyl halides is 3. The molecule has 1 aliphatic heterocycles. The fourth-order valence-electron chi connectivity index (χ4n) is 2.22. The van der Waals surface area contributed by atoms with Crippen LogP contribution in [0.5, 0.6) is 0 Å². The smallest absolute Gasteiger partial charge is 0.395 e. The summed E-state index contributed by atoms with van der Waals surface area (Å²) in [7, 11) is 1.47. The van der Waals surface area contributed by atoms with Gasteiger partial charge in [0, 0.05) is 33.2 Å². The molecule has 1 unspecified atom stereocenters. The second kappa shape index (κ2) is 7.60. The lowest BCUT2D eigenvalue weighted by molar-refractivity contribution is -0.164. The van der Waals surface area contributed by atoms with Crippen LogP contribution in [0.3, 0.4) is 0 Å². The van der Waals surface area contributed by atoms with Crippen LogP contribution in [0.25, 0.3) is 0 Å². The van der Waals surface area contributed by atoms with Crippen molar-refractivity contribution in [3.8, 4) is 0 Å². The molecular formula is C12H19F3N2O4. The van der Waals surface area contributed by atoms with Gasteiger partial charge in [-0.1, -0.05) is 0 Å². The topological polar surface area (TPSA) is 70.1 Å². The largest absolute Gasteiger partial charge is 0.406 e. The second-order valence-corrected chi connectivity index (χ2v) is 4.83.